The van der Waals surface area contributed by atoms with Gasteiger partial charge in [-0.2, -0.15) is 0 Å². The molecular weight excluding hydrogens is 282 g/mol. The quantitative estimate of drug-likeness (QED) is 0.576. The van der Waals surface area contributed by atoms with Gasteiger partial charge in [-0.1, -0.05) is 6.92 Å². The van der Waals surface area contributed by atoms with Crippen molar-refractivity contribution in [3.63, 3.8) is 0 Å². The molecule has 118 valence electrons. The second-order valence-corrected chi connectivity index (χ2v) is 6.94. The lowest BCUT2D eigenvalue weighted by Gasteiger charge is -2.18. The van der Waals surface area contributed by atoms with E-state index in [4.69, 9.17) is 10.5 Å². The van der Waals surface area contributed by atoms with Crippen LogP contribution in [0.4, 0.5) is 0 Å². The lowest BCUT2D eigenvalue weighted by Crippen LogP contribution is -2.38. The fourth-order valence-corrected chi connectivity index (χ4v) is 3.14. The molecule has 20 heavy (non-hydrogen) atoms. The van der Waals surface area contributed by atoms with Gasteiger partial charge < -0.3 is 15.8 Å². The van der Waals surface area contributed by atoms with Gasteiger partial charge in [-0.25, -0.2) is 12.7 Å². The third-order valence-electron chi connectivity index (χ3n) is 3.37. The van der Waals surface area contributed by atoms with Crippen molar-refractivity contribution >= 4 is 15.9 Å². The number of sulfonamides is 1. The number of hydrogen-bond donors (Lipinski definition) is 2. The zero-order valence-electron chi connectivity index (χ0n) is 12.2. The molecule has 1 saturated heterocycles. The summed E-state index contributed by atoms with van der Waals surface area (Å²) < 4.78 is 29.6. The molecule has 1 rings (SSSR count). The zero-order valence-corrected chi connectivity index (χ0v) is 13.0. The van der Waals surface area contributed by atoms with Crippen LogP contribution < -0.4 is 11.1 Å². The summed E-state index contributed by atoms with van der Waals surface area (Å²) in [5.41, 5.74) is 5.49. The third kappa shape index (κ3) is 5.35. The molecule has 0 spiro atoms. The van der Waals surface area contributed by atoms with Gasteiger partial charge in [-0.05, 0) is 19.3 Å². The maximum atomic E-state index is 11.8. The van der Waals surface area contributed by atoms with Crippen molar-refractivity contribution in [1.29, 1.82) is 0 Å². The van der Waals surface area contributed by atoms with E-state index >= 15 is 0 Å². The lowest BCUT2D eigenvalue weighted by atomic mass is 10.2. The van der Waals surface area contributed by atoms with Crippen LogP contribution in [0.3, 0.4) is 0 Å². The zero-order chi connectivity index (χ0) is 15.2. The van der Waals surface area contributed by atoms with E-state index < -0.39 is 16.1 Å². The van der Waals surface area contributed by atoms with Crippen LogP contribution in [0.5, 0.6) is 0 Å². The molecule has 1 aliphatic heterocycles. The highest BCUT2D eigenvalue weighted by Crippen LogP contribution is 2.18. The van der Waals surface area contributed by atoms with Crippen LogP contribution in [-0.4, -0.2) is 63.3 Å². The number of carbonyl (C=O) groups excluding carboxylic acids is 1. The first kappa shape index (κ1) is 17.4. The molecule has 0 bridgehead atoms. The second-order valence-electron chi connectivity index (χ2n) is 4.96. The molecule has 0 saturated carbocycles. The molecule has 2 atom stereocenters. The molecule has 3 N–H and O–H groups in total. The number of carbonyl (C=O) groups is 1. The Balaban J connectivity index is 2.23. The Bertz CT molecular complexity index is 413. The Morgan fingerprint density at radius 2 is 2.15 bits per heavy atom. The van der Waals surface area contributed by atoms with E-state index in [0.717, 1.165) is 6.42 Å². The first-order valence-electron chi connectivity index (χ1n) is 6.96. The summed E-state index contributed by atoms with van der Waals surface area (Å²) in [6.07, 6.45) is 2.84. The van der Waals surface area contributed by atoms with Crippen molar-refractivity contribution in [2.24, 2.45) is 5.73 Å². The van der Waals surface area contributed by atoms with Crippen molar-refractivity contribution in [1.82, 2.24) is 9.62 Å². The molecule has 0 aliphatic carbocycles. The summed E-state index contributed by atoms with van der Waals surface area (Å²) in [4.78, 5) is 11.8. The SMILES string of the molecule is CCN(CCCNC(=O)[C@@H]1CC[C@H](CN)O1)S(C)(=O)=O. The largest absolute Gasteiger partial charge is 0.364 e. The first-order chi connectivity index (χ1) is 9.38. The fraction of sp³-hybridized carbons (Fsp3) is 0.917. The van der Waals surface area contributed by atoms with Gasteiger partial charge in [0.05, 0.1) is 12.4 Å². The Morgan fingerprint density at radius 1 is 1.45 bits per heavy atom. The molecule has 1 aliphatic rings. The van der Waals surface area contributed by atoms with E-state index in [0.29, 0.717) is 39.0 Å². The smallest absolute Gasteiger partial charge is 0.249 e. The Labute approximate surface area is 120 Å². The van der Waals surface area contributed by atoms with Gasteiger partial charge in [-0.15, -0.1) is 0 Å². The number of nitrogens with two attached hydrogens (primary N) is 1. The second kappa shape index (κ2) is 7.92. The number of amides is 1. The van der Waals surface area contributed by atoms with E-state index in [9.17, 15) is 13.2 Å². The van der Waals surface area contributed by atoms with Gasteiger partial charge >= 0.3 is 0 Å². The van der Waals surface area contributed by atoms with Crippen LogP contribution in [0.15, 0.2) is 0 Å². The minimum absolute atomic E-state index is 0.0217. The summed E-state index contributed by atoms with van der Waals surface area (Å²) in [5.74, 6) is -0.136. The van der Waals surface area contributed by atoms with Gasteiger partial charge in [0.25, 0.3) is 0 Å². The standard InChI is InChI=1S/C12H25N3O4S/c1-3-15(20(2,17)18)8-4-7-14-12(16)11-6-5-10(9-13)19-11/h10-11H,3-9,13H2,1-2H3,(H,14,16)/t10-,11+/m1/s1. The van der Waals surface area contributed by atoms with Crippen LogP contribution in [-0.2, 0) is 19.6 Å². The van der Waals surface area contributed by atoms with Crippen LogP contribution in [0.2, 0.25) is 0 Å². The van der Waals surface area contributed by atoms with Gasteiger partial charge in [-0.3, -0.25) is 4.79 Å². The van der Waals surface area contributed by atoms with Crippen molar-refractivity contribution in [3.8, 4) is 0 Å². The van der Waals surface area contributed by atoms with E-state index in [2.05, 4.69) is 5.32 Å². The van der Waals surface area contributed by atoms with Gasteiger partial charge in [0.15, 0.2) is 0 Å². The van der Waals surface area contributed by atoms with Crippen LogP contribution >= 0.6 is 0 Å². The minimum atomic E-state index is -3.16. The summed E-state index contributed by atoms with van der Waals surface area (Å²) in [6.45, 7) is 3.52. The summed E-state index contributed by atoms with van der Waals surface area (Å²) in [7, 11) is -3.16. The molecule has 8 heteroatoms. The van der Waals surface area contributed by atoms with E-state index in [1.165, 1.54) is 10.6 Å². The summed E-state index contributed by atoms with van der Waals surface area (Å²) in [6, 6.07) is 0. The van der Waals surface area contributed by atoms with Gasteiger partial charge in [0.2, 0.25) is 15.9 Å². The number of ether oxygens (including phenoxy) is 1. The van der Waals surface area contributed by atoms with Crippen molar-refractivity contribution in [2.45, 2.75) is 38.4 Å². The van der Waals surface area contributed by atoms with Crippen molar-refractivity contribution in [2.75, 3.05) is 32.4 Å². The van der Waals surface area contributed by atoms with Crippen molar-refractivity contribution < 1.29 is 17.9 Å². The van der Waals surface area contributed by atoms with Crippen molar-refractivity contribution in [3.05, 3.63) is 0 Å². The Kier molecular flexibility index (Phi) is 6.87. The van der Waals surface area contributed by atoms with E-state index in [1.807, 2.05) is 0 Å². The molecule has 7 nitrogen and oxygen atoms in total. The Hall–Kier alpha value is -0.700. The lowest BCUT2D eigenvalue weighted by molar-refractivity contribution is -0.131. The molecule has 1 heterocycles. The summed E-state index contributed by atoms with van der Waals surface area (Å²) >= 11 is 0. The number of rotatable bonds is 8. The molecular formula is C12H25N3O4S. The topological polar surface area (TPSA) is 102 Å². The highest BCUT2D eigenvalue weighted by atomic mass is 32.2. The summed E-state index contributed by atoms with van der Waals surface area (Å²) in [5, 5.41) is 2.77. The monoisotopic (exact) mass is 307 g/mol. The van der Waals surface area contributed by atoms with Crippen LogP contribution in [0.25, 0.3) is 0 Å². The van der Waals surface area contributed by atoms with Crippen LogP contribution in [0, 0.1) is 0 Å². The molecule has 1 fully saturated rings. The normalized spacial score (nSPS) is 23.2. The fourth-order valence-electron chi connectivity index (χ4n) is 2.21. The average molecular weight is 307 g/mol. The maximum Gasteiger partial charge on any atom is 0.249 e. The number of nitrogens with zero attached hydrogens (tertiary/aromatic N) is 1. The molecule has 0 aromatic carbocycles. The highest BCUT2D eigenvalue weighted by Gasteiger charge is 2.29. The maximum absolute atomic E-state index is 11.8. The number of nitrogens with one attached hydrogen (secondary N) is 1. The molecule has 0 aromatic rings. The van der Waals surface area contributed by atoms with Gasteiger partial charge in [0, 0.05) is 26.2 Å². The van der Waals surface area contributed by atoms with E-state index in [1.54, 1.807) is 6.92 Å². The molecule has 0 unspecified atom stereocenters. The Morgan fingerprint density at radius 3 is 2.65 bits per heavy atom. The third-order valence-corrected chi connectivity index (χ3v) is 4.75. The first-order valence-corrected chi connectivity index (χ1v) is 8.81. The minimum Gasteiger partial charge on any atom is -0.364 e. The van der Waals surface area contributed by atoms with Crippen LogP contribution in [0.1, 0.15) is 26.2 Å². The predicted octanol–water partition coefficient (Wildman–Crippen LogP) is -0.719. The average Bonchev–Trinajstić information content (AvgIpc) is 2.85. The molecule has 0 radical (unpaired) electrons. The molecule has 0 aromatic heterocycles. The van der Waals surface area contributed by atoms with E-state index in [-0.39, 0.29) is 12.0 Å². The predicted molar refractivity (Wildman–Crippen MR) is 76.7 cm³/mol. The molecule has 1 amide bonds. The number of hydrogen-bond acceptors (Lipinski definition) is 5. The highest BCUT2D eigenvalue weighted by molar-refractivity contribution is 7.88. The van der Waals surface area contributed by atoms with Gasteiger partial charge in [0.1, 0.15) is 6.10 Å².